The van der Waals surface area contributed by atoms with Gasteiger partial charge in [0.15, 0.2) is 5.84 Å². The Hall–Kier alpha value is -2.34. The van der Waals surface area contributed by atoms with Gasteiger partial charge in [-0.25, -0.2) is 0 Å². The van der Waals surface area contributed by atoms with Crippen molar-refractivity contribution < 1.29 is 9.63 Å². The number of nitrogens with zero attached hydrogens (tertiary/aromatic N) is 2. The first-order valence-corrected chi connectivity index (χ1v) is 7.58. The summed E-state index contributed by atoms with van der Waals surface area (Å²) in [6.07, 6.45) is 0.0381. The standard InChI is InChI=1S/C15H15N3O2S/c16-14(11-7-9-21-10-11)17-20-13-6-8-18(15(13)19)12-4-2-1-3-5-12/h1-5,7,9-10,13H,6,8H2,(H2,16,17)/t13-/m0/s1. The van der Waals surface area contributed by atoms with Crippen LogP contribution >= 0.6 is 11.3 Å². The van der Waals surface area contributed by atoms with E-state index in [1.807, 2.05) is 47.2 Å². The fraction of sp³-hybridized carbons (Fsp3) is 0.200. The number of hydrogen-bond donors (Lipinski definition) is 1. The first-order chi connectivity index (χ1) is 10.3. The molecule has 1 saturated heterocycles. The zero-order valence-electron chi connectivity index (χ0n) is 11.3. The van der Waals surface area contributed by atoms with E-state index in [9.17, 15) is 4.79 Å². The van der Waals surface area contributed by atoms with Crippen molar-refractivity contribution in [1.82, 2.24) is 0 Å². The molecule has 3 rings (SSSR count). The Bertz CT molecular complexity index is 640. The van der Waals surface area contributed by atoms with Crippen LogP contribution in [-0.4, -0.2) is 24.4 Å². The molecule has 0 aliphatic carbocycles. The van der Waals surface area contributed by atoms with Gasteiger partial charge in [-0.05, 0) is 23.6 Å². The number of benzene rings is 1. The first-order valence-electron chi connectivity index (χ1n) is 6.64. The molecule has 21 heavy (non-hydrogen) atoms. The van der Waals surface area contributed by atoms with Crippen molar-refractivity contribution in [3.8, 4) is 0 Å². The SMILES string of the molecule is N/C(=N\O[C@H]1CCN(c2ccccc2)C1=O)c1ccsc1. The van der Waals surface area contributed by atoms with Crippen molar-refractivity contribution in [3.63, 3.8) is 0 Å². The molecule has 1 fully saturated rings. The predicted octanol–water partition coefficient (Wildman–Crippen LogP) is 2.19. The van der Waals surface area contributed by atoms with Gasteiger partial charge in [-0.2, -0.15) is 11.3 Å². The molecule has 0 spiro atoms. The minimum atomic E-state index is -0.567. The van der Waals surface area contributed by atoms with Crippen molar-refractivity contribution in [2.75, 3.05) is 11.4 Å². The Morgan fingerprint density at radius 1 is 1.33 bits per heavy atom. The third-order valence-corrected chi connectivity index (χ3v) is 4.00. The van der Waals surface area contributed by atoms with Crippen LogP contribution in [0.5, 0.6) is 0 Å². The highest BCUT2D eigenvalue weighted by atomic mass is 32.1. The van der Waals surface area contributed by atoms with Gasteiger partial charge in [0.1, 0.15) is 0 Å². The number of nitrogens with two attached hydrogens (primary N) is 1. The highest BCUT2D eigenvalue weighted by Crippen LogP contribution is 2.22. The third-order valence-electron chi connectivity index (χ3n) is 3.32. The second-order valence-corrected chi connectivity index (χ2v) is 5.48. The Labute approximate surface area is 126 Å². The molecule has 108 valence electrons. The molecule has 1 amide bonds. The summed E-state index contributed by atoms with van der Waals surface area (Å²) in [5.74, 6) is 0.213. The lowest BCUT2D eigenvalue weighted by molar-refractivity contribution is -0.127. The summed E-state index contributed by atoms with van der Waals surface area (Å²) in [5.41, 5.74) is 7.50. The van der Waals surface area contributed by atoms with E-state index in [1.165, 1.54) is 11.3 Å². The van der Waals surface area contributed by atoms with Crippen molar-refractivity contribution in [2.45, 2.75) is 12.5 Å². The monoisotopic (exact) mass is 301 g/mol. The van der Waals surface area contributed by atoms with Gasteiger partial charge in [-0.1, -0.05) is 23.4 Å². The van der Waals surface area contributed by atoms with Gasteiger partial charge in [-0.3, -0.25) is 4.79 Å². The lowest BCUT2D eigenvalue weighted by Gasteiger charge is -2.15. The number of thiophene rings is 1. The van der Waals surface area contributed by atoms with Crippen LogP contribution in [0.3, 0.4) is 0 Å². The fourth-order valence-corrected chi connectivity index (χ4v) is 2.85. The zero-order chi connectivity index (χ0) is 14.7. The van der Waals surface area contributed by atoms with Crippen molar-refractivity contribution in [3.05, 3.63) is 52.7 Å². The molecule has 1 atom stereocenters. The van der Waals surface area contributed by atoms with Crippen molar-refractivity contribution in [2.24, 2.45) is 10.9 Å². The number of hydrogen-bond acceptors (Lipinski definition) is 4. The van der Waals surface area contributed by atoms with Gasteiger partial charge in [0.2, 0.25) is 6.10 Å². The maximum Gasteiger partial charge on any atom is 0.270 e. The van der Waals surface area contributed by atoms with Gasteiger partial charge in [0.25, 0.3) is 5.91 Å². The molecule has 2 aromatic rings. The van der Waals surface area contributed by atoms with Gasteiger partial charge in [0.05, 0.1) is 0 Å². The molecular formula is C15H15N3O2S. The zero-order valence-corrected chi connectivity index (χ0v) is 12.1. The Kier molecular flexibility index (Phi) is 3.87. The van der Waals surface area contributed by atoms with Crippen LogP contribution in [-0.2, 0) is 9.63 Å². The molecule has 0 bridgehead atoms. The van der Waals surface area contributed by atoms with Crippen LogP contribution in [0.25, 0.3) is 0 Å². The van der Waals surface area contributed by atoms with E-state index in [0.717, 1.165) is 11.3 Å². The van der Waals surface area contributed by atoms with Crippen LogP contribution in [0.15, 0.2) is 52.3 Å². The summed E-state index contributed by atoms with van der Waals surface area (Å²) in [5, 5.41) is 7.68. The Morgan fingerprint density at radius 3 is 2.86 bits per heavy atom. The van der Waals surface area contributed by atoms with E-state index in [-0.39, 0.29) is 5.91 Å². The molecule has 1 aromatic carbocycles. The number of anilines is 1. The maximum absolute atomic E-state index is 12.3. The summed E-state index contributed by atoms with van der Waals surface area (Å²) >= 11 is 1.53. The molecule has 1 aliphatic heterocycles. The van der Waals surface area contributed by atoms with Crippen LogP contribution in [0, 0.1) is 0 Å². The maximum atomic E-state index is 12.3. The number of carbonyl (C=O) groups excluding carboxylic acids is 1. The number of para-hydroxylation sites is 1. The largest absolute Gasteiger partial charge is 0.381 e. The first kappa shape index (κ1) is 13.6. The minimum absolute atomic E-state index is 0.0805. The molecule has 0 saturated carbocycles. The number of amidine groups is 1. The molecule has 2 heterocycles. The van der Waals surface area contributed by atoms with E-state index in [4.69, 9.17) is 10.6 Å². The van der Waals surface area contributed by atoms with Gasteiger partial charge in [-0.15, -0.1) is 0 Å². The van der Waals surface area contributed by atoms with Crippen LogP contribution in [0.4, 0.5) is 5.69 Å². The molecule has 1 aliphatic rings. The van der Waals surface area contributed by atoms with Gasteiger partial charge >= 0.3 is 0 Å². The molecule has 2 N–H and O–H groups in total. The van der Waals surface area contributed by atoms with Crippen LogP contribution < -0.4 is 10.6 Å². The number of amides is 1. The lowest BCUT2D eigenvalue weighted by atomic mass is 10.3. The van der Waals surface area contributed by atoms with E-state index < -0.39 is 6.10 Å². The molecule has 6 heteroatoms. The second-order valence-electron chi connectivity index (χ2n) is 4.70. The smallest absolute Gasteiger partial charge is 0.270 e. The summed E-state index contributed by atoms with van der Waals surface area (Å²) in [7, 11) is 0. The average Bonchev–Trinajstić information content (AvgIpc) is 3.16. The van der Waals surface area contributed by atoms with Crippen LogP contribution in [0.1, 0.15) is 12.0 Å². The highest BCUT2D eigenvalue weighted by Gasteiger charge is 2.34. The fourth-order valence-electron chi connectivity index (χ4n) is 2.20. The summed E-state index contributed by atoms with van der Waals surface area (Å²) in [6, 6.07) is 11.4. The van der Waals surface area contributed by atoms with E-state index in [1.54, 1.807) is 4.90 Å². The molecular weight excluding hydrogens is 286 g/mol. The minimum Gasteiger partial charge on any atom is -0.381 e. The van der Waals surface area contributed by atoms with Gasteiger partial charge < -0.3 is 15.5 Å². The number of rotatable bonds is 4. The predicted molar refractivity (Wildman–Crippen MR) is 83.3 cm³/mol. The Balaban J connectivity index is 1.66. The van der Waals surface area contributed by atoms with Crippen molar-refractivity contribution >= 4 is 28.8 Å². The molecule has 0 unspecified atom stereocenters. The summed E-state index contributed by atoms with van der Waals surface area (Å²) in [6.45, 7) is 0.626. The quantitative estimate of drug-likeness (QED) is 0.535. The van der Waals surface area contributed by atoms with Crippen molar-refractivity contribution in [1.29, 1.82) is 0 Å². The van der Waals surface area contributed by atoms with E-state index in [2.05, 4.69) is 5.16 Å². The highest BCUT2D eigenvalue weighted by molar-refractivity contribution is 7.08. The number of carbonyl (C=O) groups is 1. The average molecular weight is 301 g/mol. The van der Waals surface area contributed by atoms with Gasteiger partial charge in [0, 0.05) is 29.6 Å². The summed E-state index contributed by atoms with van der Waals surface area (Å²) < 4.78 is 0. The normalized spacial score (nSPS) is 19.0. The number of oxime groups is 1. The van der Waals surface area contributed by atoms with Crippen LogP contribution in [0.2, 0.25) is 0 Å². The Morgan fingerprint density at radius 2 is 2.14 bits per heavy atom. The van der Waals surface area contributed by atoms with E-state index in [0.29, 0.717) is 18.8 Å². The second kappa shape index (κ2) is 5.97. The lowest BCUT2D eigenvalue weighted by Crippen LogP contribution is -2.30. The van der Waals surface area contributed by atoms with E-state index >= 15 is 0 Å². The summed E-state index contributed by atoms with van der Waals surface area (Å²) in [4.78, 5) is 19.3. The molecule has 5 nitrogen and oxygen atoms in total. The topological polar surface area (TPSA) is 67.9 Å². The molecule has 0 radical (unpaired) electrons. The third kappa shape index (κ3) is 2.90. The molecule has 1 aromatic heterocycles.